The SMILES string of the molecule is COc1ccc2[nH]c(OC)c(/C=C/C(=O)c3ccncc3)c2c1. The Kier molecular flexibility index (Phi) is 4.10. The van der Waals surface area contributed by atoms with Gasteiger partial charge in [-0.1, -0.05) is 0 Å². The molecule has 0 saturated carbocycles. The number of fused-ring (bicyclic) bond motifs is 1. The lowest BCUT2D eigenvalue weighted by Crippen LogP contribution is -1.93. The summed E-state index contributed by atoms with van der Waals surface area (Å²) in [5.41, 5.74) is 2.31. The number of nitrogens with zero attached hydrogens (tertiary/aromatic N) is 1. The van der Waals surface area contributed by atoms with Crippen molar-refractivity contribution < 1.29 is 14.3 Å². The van der Waals surface area contributed by atoms with Crippen molar-refractivity contribution in [2.75, 3.05) is 14.2 Å². The molecule has 3 rings (SSSR count). The number of carbonyl (C=O) groups excluding carboxylic acids is 1. The van der Waals surface area contributed by atoms with Crippen molar-refractivity contribution in [1.82, 2.24) is 9.97 Å². The fourth-order valence-electron chi connectivity index (χ4n) is 2.39. The van der Waals surface area contributed by atoms with Gasteiger partial charge in [0.15, 0.2) is 11.7 Å². The van der Waals surface area contributed by atoms with Gasteiger partial charge in [0.25, 0.3) is 0 Å². The molecule has 0 bridgehead atoms. The summed E-state index contributed by atoms with van der Waals surface area (Å²) in [5, 5.41) is 0.931. The number of nitrogens with one attached hydrogen (secondary N) is 1. The maximum atomic E-state index is 12.2. The molecule has 2 aromatic heterocycles. The van der Waals surface area contributed by atoms with Gasteiger partial charge in [-0.2, -0.15) is 0 Å². The van der Waals surface area contributed by atoms with Crippen LogP contribution in [0.3, 0.4) is 0 Å². The Balaban J connectivity index is 2.01. The smallest absolute Gasteiger partial charge is 0.199 e. The van der Waals surface area contributed by atoms with Crippen LogP contribution in [0.15, 0.2) is 48.8 Å². The number of hydrogen-bond donors (Lipinski definition) is 1. The highest BCUT2D eigenvalue weighted by molar-refractivity contribution is 6.08. The van der Waals surface area contributed by atoms with Crippen molar-refractivity contribution in [3.05, 3.63) is 59.9 Å². The van der Waals surface area contributed by atoms with E-state index in [0.717, 1.165) is 22.2 Å². The molecule has 0 aliphatic heterocycles. The number of rotatable bonds is 5. The number of H-pyrrole nitrogens is 1. The third kappa shape index (κ3) is 2.94. The fraction of sp³-hybridized carbons (Fsp3) is 0.111. The van der Waals surface area contributed by atoms with Crippen LogP contribution >= 0.6 is 0 Å². The third-order valence-electron chi connectivity index (χ3n) is 3.58. The molecule has 0 amide bonds. The number of methoxy groups -OCH3 is 2. The first-order valence-electron chi connectivity index (χ1n) is 7.09. The van der Waals surface area contributed by atoms with E-state index < -0.39 is 0 Å². The van der Waals surface area contributed by atoms with Crippen LogP contribution in [0.1, 0.15) is 15.9 Å². The molecule has 0 fully saturated rings. The van der Waals surface area contributed by atoms with Gasteiger partial charge in [-0.05, 0) is 42.5 Å². The number of allylic oxidation sites excluding steroid dienone is 1. The molecule has 0 radical (unpaired) electrons. The van der Waals surface area contributed by atoms with Crippen molar-refractivity contribution in [3.8, 4) is 11.6 Å². The summed E-state index contributed by atoms with van der Waals surface area (Å²) in [6, 6.07) is 9.06. The molecule has 0 saturated heterocycles. The van der Waals surface area contributed by atoms with Gasteiger partial charge in [0.2, 0.25) is 0 Å². The van der Waals surface area contributed by atoms with Gasteiger partial charge in [-0.25, -0.2) is 0 Å². The molecule has 0 spiro atoms. The van der Waals surface area contributed by atoms with Crippen LogP contribution in [0.4, 0.5) is 0 Å². The molecular formula is C18H16N2O3. The molecule has 0 aliphatic rings. The number of pyridine rings is 1. The van der Waals surface area contributed by atoms with Gasteiger partial charge in [0.05, 0.1) is 14.2 Å². The molecule has 116 valence electrons. The molecule has 23 heavy (non-hydrogen) atoms. The Morgan fingerprint density at radius 2 is 1.91 bits per heavy atom. The highest BCUT2D eigenvalue weighted by Gasteiger charge is 2.11. The molecule has 5 nitrogen and oxygen atoms in total. The number of hydrogen-bond acceptors (Lipinski definition) is 4. The number of aromatic nitrogens is 2. The normalized spacial score (nSPS) is 11.0. The molecule has 5 heteroatoms. The molecule has 0 atom stereocenters. The Hall–Kier alpha value is -3.08. The first-order chi connectivity index (χ1) is 11.2. The van der Waals surface area contributed by atoms with Gasteiger partial charge >= 0.3 is 0 Å². The summed E-state index contributed by atoms with van der Waals surface area (Å²) in [4.78, 5) is 19.3. The predicted octanol–water partition coefficient (Wildman–Crippen LogP) is 3.48. The predicted molar refractivity (Wildman–Crippen MR) is 89.0 cm³/mol. The van der Waals surface area contributed by atoms with E-state index in [0.29, 0.717) is 11.4 Å². The van der Waals surface area contributed by atoms with Crippen LogP contribution in [0.2, 0.25) is 0 Å². The second-order valence-corrected chi connectivity index (χ2v) is 4.92. The summed E-state index contributed by atoms with van der Waals surface area (Å²) >= 11 is 0. The zero-order chi connectivity index (χ0) is 16.2. The van der Waals surface area contributed by atoms with Crippen molar-refractivity contribution in [3.63, 3.8) is 0 Å². The van der Waals surface area contributed by atoms with E-state index in [1.807, 2.05) is 18.2 Å². The van der Waals surface area contributed by atoms with E-state index in [1.165, 1.54) is 6.08 Å². The van der Waals surface area contributed by atoms with Crippen LogP contribution in [-0.2, 0) is 0 Å². The number of ether oxygens (including phenoxy) is 2. The Bertz CT molecular complexity index is 867. The summed E-state index contributed by atoms with van der Waals surface area (Å²) in [5.74, 6) is 1.26. The maximum absolute atomic E-state index is 12.2. The highest BCUT2D eigenvalue weighted by atomic mass is 16.5. The summed E-state index contributed by atoms with van der Waals surface area (Å²) < 4.78 is 10.6. The monoisotopic (exact) mass is 308 g/mol. The Morgan fingerprint density at radius 1 is 1.13 bits per heavy atom. The zero-order valence-corrected chi connectivity index (χ0v) is 12.9. The zero-order valence-electron chi connectivity index (χ0n) is 12.9. The second-order valence-electron chi connectivity index (χ2n) is 4.92. The van der Waals surface area contributed by atoms with Gasteiger partial charge in [0, 0.05) is 34.4 Å². The van der Waals surface area contributed by atoms with Crippen LogP contribution in [0, 0.1) is 0 Å². The van der Waals surface area contributed by atoms with Gasteiger partial charge in [-0.3, -0.25) is 9.78 Å². The molecule has 1 N–H and O–H groups in total. The van der Waals surface area contributed by atoms with Gasteiger partial charge < -0.3 is 14.5 Å². The quantitative estimate of drug-likeness (QED) is 0.579. The van der Waals surface area contributed by atoms with Crippen molar-refractivity contribution in [2.45, 2.75) is 0 Å². The van der Waals surface area contributed by atoms with E-state index in [4.69, 9.17) is 9.47 Å². The van der Waals surface area contributed by atoms with Crippen LogP contribution in [-0.4, -0.2) is 30.0 Å². The molecule has 2 heterocycles. The average molecular weight is 308 g/mol. The first kappa shape index (κ1) is 14.8. The standard InChI is InChI=1S/C18H16N2O3/c1-22-13-3-5-16-15(11-13)14(18(20-16)23-2)4-6-17(21)12-7-9-19-10-8-12/h3-11,20H,1-2H3/b6-4+. The van der Waals surface area contributed by atoms with Crippen LogP contribution in [0.25, 0.3) is 17.0 Å². The largest absolute Gasteiger partial charge is 0.497 e. The van der Waals surface area contributed by atoms with E-state index >= 15 is 0 Å². The number of aromatic amines is 1. The molecule has 0 aliphatic carbocycles. The summed E-state index contributed by atoms with van der Waals surface area (Å²) in [6.07, 6.45) is 6.47. The summed E-state index contributed by atoms with van der Waals surface area (Å²) in [7, 11) is 3.21. The second kappa shape index (κ2) is 6.36. The minimum absolute atomic E-state index is 0.0910. The van der Waals surface area contributed by atoms with E-state index in [-0.39, 0.29) is 5.78 Å². The van der Waals surface area contributed by atoms with E-state index in [1.54, 1.807) is 44.8 Å². The van der Waals surface area contributed by atoms with Crippen LogP contribution < -0.4 is 9.47 Å². The maximum Gasteiger partial charge on any atom is 0.199 e. The first-order valence-corrected chi connectivity index (χ1v) is 7.09. The topological polar surface area (TPSA) is 64.2 Å². The molecular weight excluding hydrogens is 292 g/mol. The number of carbonyl (C=O) groups is 1. The van der Waals surface area contributed by atoms with Crippen molar-refractivity contribution in [2.24, 2.45) is 0 Å². The lowest BCUT2D eigenvalue weighted by Gasteiger charge is -2.00. The van der Waals surface area contributed by atoms with E-state index in [2.05, 4.69) is 9.97 Å². The van der Waals surface area contributed by atoms with Crippen molar-refractivity contribution >= 4 is 22.8 Å². The minimum atomic E-state index is -0.0910. The fourth-order valence-corrected chi connectivity index (χ4v) is 2.39. The molecule has 0 unspecified atom stereocenters. The molecule has 3 aromatic rings. The number of ketones is 1. The highest BCUT2D eigenvalue weighted by Crippen LogP contribution is 2.31. The third-order valence-corrected chi connectivity index (χ3v) is 3.58. The van der Waals surface area contributed by atoms with Crippen molar-refractivity contribution in [1.29, 1.82) is 0 Å². The van der Waals surface area contributed by atoms with Crippen LogP contribution in [0.5, 0.6) is 11.6 Å². The summed E-state index contributed by atoms with van der Waals surface area (Å²) in [6.45, 7) is 0. The molecule has 1 aromatic carbocycles. The minimum Gasteiger partial charge on any atom is -0.497 e. The lowest BCUT2D eigenvalue weighted by molar-refractivity contribution is 0.104. The Morgan fingerprint density at radius 3 is 2.61 bits per heavy atom. The lowest BCUT2D eigenvalue weighted by atomic mass is 10.1. The van der Waals surface area contributed by atoms with Gasteiger partial charge in [0.1, 0.15) is 5.75 Å². The Labute approximate surface area is 133 Å². The van der Waals surface area contributed by atoms with E-state index in [9.17, 15) is 4.79 Å². The van der Waals surface area contributed by atoms with Gasteiger partial charge in [-0.15, -0.1) is 0 Å². The average Bonchev–Trinajstić information content (AvgIpc) is 2.97. The number of benzene rings is 1.